The summed E-state index contributed by atoms with van der Waals surface area (Å²) in [6.07, 6.45) is 3.29. The molecule has 1 N–H and O–H groups in total. The Kier molecular flexibility index (Phi) is 4.37. The topological polar surface area (TPSA) is 91.7 Å². The minimum Gasteiger partial charge on any atom is -0.484 e. The lowest BCUT2D eigenvalue weighted by atomic mass is 9.43. The highest BCUT2D eigenvalue weighted by Gasteiger charge is 2.73. The van der Waals surface area contributed by atoms with Gasteiger partial charge in [-0.15, -0.1) is 0 Å². The Hall–Kier alpha value is -2.53. The summed E-state index contributed by atoms with van der Waals surface area (Å²) < 4.78 is 24.3. The number of hydrogen-bond acceptors (Lipinski definition) is 5. The number of benzene rings is 1. The van der Waals surface area contributed by atoms with E-state index in [1.54, 1.807) is 0 Å². The van der Waals surface area contributed by atoms with E-state index >= 15 is 0 Å². The zero-order valence-electron chi connectivity index (χ0n) is 16.2. The van der Waals surface area contributed by atoms with E-state index in [0.717, 1.165) is 18.9 Å². The average molecular weight is 434 g/mol. The van der Waals surface area contributed by atoms with Crippen molar-refractivity contribution in [2.75, 3.05) is 13.2 Å². The molecule has 4 aliphatic carbocycles. The number of halogens is 2. The number of nitrogens with zero attached hydrogens (tertiary/aromatic N) is 2. The number of amides is 2. The monoisotopic (exact) mass is 433 g/mol. The highest BCUT2D eigenvalue weighted by atomic mass is 35.5. The second-order valence-corrected chi connectivity index (χ2v) is 9.45. The smallest absolute Gasteiger partial charge is 0.410 e. The van der Waals surface area contributed by atoms with Crippen LogP contribution in [-0.2, 0) is 9.53 Å². The van der Waals surface area contributed by atoms with Crippen molar-refractivity contribution >= 4 is 23.6 Å². The van der Waals surface area contributed by atoms with E-state index in [1.807, 2.05) is 4.90 Å². The van der Waals surface area contributed by atoms with Crippen molar-refractivity contribution in [1.82, 2.24) is 10.2 Å². The van der Waals surface area contributed by atoms with Crippen molar-refractivity contribution in [1.29, 1.82) is 5.26 Å². The number of nitrogens with one attached hydrogen (secondary N) is 1. The first-order valence-corrected chi connectivity index (χ1v) is 10.5. The van der Waals surface area contributed by atoms with Crippen molar-refractivity contribution in [2.45, 2.75) is 49.3 Å². The lowest BCUT2D eigenvalue weighted by Crippen LogP contribution is -2.84. The molecule has 30 heavy (non-hydrogen) atoms. The van der Waals surface area contributed by atoms with Gasteiger partial charge in [0.05, 0.1) is 23.2 Å². The second-order valence-electron chi connectivity index (χ2n) is 9.04. The summed E-state index contributed by atoms with van der Waals surface area (Å²) in [4.78, 5) is 26.4. The predicted octanol–water partition coefficient (Wildman–Crippen LogP) is 3.02. The van der Waals surface area contributed by atoms with Crippen LogP contribution in [0, 0.1) is 29.0 Å². The molecular weight excluding hydrogens is 413 g/mol. The third kappa shape index (κ3) is 3.07. The maximum absolute atomic E-state index is 13.4. The van der Waals surface area contributed by atoms with Crippen LogP contribution in [0.25, 0.3) is 0 Å². The molecule has 1 saturated heterocycles. The van der Waals surface area contributed by atoms with E-state index in [2.05, 4.69) is 11.4 Å². The van der Waals surface area contributed by atoms with E-state index in [1.165, 1.54) is 12.1 Å². The average Bonchev–Trinajstić information content (AvgIpc) is 2.98. The van der Waals surface area contributed by atoms with Crippen LogP contribution in [0.1, 0.15) is 32.1 Å². The molecule has 2 amide bonds. The third-order valence-electron chi connectivity index (χ3n) is 6.96. The number of rotatable bonds is 6. The highest BCUT2D eigenvalue weighted by molar-refractivity contribution is 6.30. The Morgan fingerprint density at radius 3 is 2.80 bits per heavy atom. The fourth-order valence-electron chi connectivity index (χ4n) is 5.39. The Morgan fingerprint density at radius 2 is 2.13 bits per heavy atom. The molecule has 0 spiro atoms. The summed E-state index contributed by atoms with van der Waals surface area (Å²) >= 11 is 5.63. The van der Waals surface area contributed by atoms with Crippen LogP contribution in [0.15, 0.2) is 18.2 Å². The molecule has 1 aliphatic heterocycles. The molecule has 5 aliphatic rings. The number of carbonyl (C=O) groups excluding carboxylic acids is 2. The van der Waals surface area contributed by atoms with Gasteiger partial charge in [-0.05, 0) is 44.2 Å². The first-order chi connectivity index (χ1) is 14.3. The Bertz CT molecular complexity index is 938. The molecule has 1 aromatic carbocycles. The van der Waals surface area contributed by atoms with Crippen LogP contribution in [0.3, 0.4) is 0 Å². The first kappa shape index (κ1) is 19.4. The standard InChI is InChI=1S/C21H21ClFN3O4/c22-15-2-1-14(5-16(15)23)29-8-18(27)25-20-9-21(10-20,11-20)26-7-17(30-19(26)28)13-3-12(4-13)6-24/h1-2,5,12-13,17H,3-4,7-11H2,(H,25,27)/t12?,13?,17-,20?,21?/m1/s1. The third-order valence-corrected chi connectivity index (χ3v) is 7.27. The van der Waals surface area contributed by atoms with Gasteiger partial charge in [0.25, 0.3) is 5.91 Å². The van der Waals surface area contributed by atoms with Gasteiger partial charge >= 0.3 is 6.09 Å². The van der Waals surface area contributed by atoms with Crippen LogP contribution in [0.2, 0.25) is 5.02 Å². The SMILES string of the molecule is N#CC1CC([C@H]2CN(C34CC(NC(=O)COc5ccc(Cl)c(F)c5)(C3)C4)C(=O)O2)C1. The lowest BCUT2D eigenvalue weighted by molar-refractivity contribution is -0.167. The minimum absolute atomic E-state index is 0.00386. The van der Waals surface area contributed by atoms with E-state index < -0.39 is 5.82 Å². The number of carbonyl (C=O) groups is 2. The highest BCUT2D eigenvalue weighted by Crippen LogP contribution is 2.64. The molecule has 0 aromatic heterocycles. The van der Waals surface area contributed by atoms with Gasteiger partial charge in [-0.1, -0.05) is 11.6 Å². The van der Waals surface area contributed by atoms with Gasteiger partial charge in [0.2, 0.25) is 0 Å². The van der Waals surface area contributed by atoms with Gasteiger partial charge in [0.15, 0.2) is 6.61 Å². The summed E-state index contributed by atoms with van der Waals surface area (Å²) in [6.45, 7) is 0.350. The Morgan fingerprint density at radius 1 is 1.40 bits per heavy atom. The molecule has 1 heterocycles. The quantitative estimate of drug-likeness (QED) is 0.744. The van der Waals surface area contributed by atoms with Gasteiger partial charge in [-0.25, -0.2) is 9.18 Å². The molecule has 6 rings (SSSR count). The van der Waals surface area contributed by atoms with E-state index in [9.17, 15) is 14.0 Å². The molecule has 158 valence electrons. The Labute approximate surface area is 178 Å². The van der Waals surface area contributed by atoms with E-state index in [0.29, 0.717) is 25.8 Å². The number of ether oxygens (including phenoxy) is 2. The number of cyclic esters (lactones) is 1. The molecular formula is C21H21ClFN3O4. The zero-order valence-corrected chi connectivity index (χ0v) is 17.0. The maximum Gasteiger partial charge on any atom is 0.410 e. The van der Waals surface area contributed by atoms with Gasteiger partial charge in [-0.3, -0.25) is 9.69 Å². The molecule has 2 bridgehead atoms. The lowest BCUT2D eigenvalue weighted by Gasteiger charge is -2.72. The number of nitriles is 1. The fourth-order valence-corrected chi connectivity index (χ4v) is 5.51. The Balaban J connectivity index is 1.09. The van der Waals surface area contributed by atoms with E-state index in [-0.39, 0.29) is 58.4 Å². The summed E-state index contributed by atoms with van der Waals surface area (Å²) in [5.41, 5.74) is -0.524. The van der Waals surface area contributed by atoms with Gasteiger partial charge < -0.3 is 14.8 Å². The normalized spacial score (nSPS) is 36.0. The van der Waals surface area contributed by atoms with Crippen LogP contribution in [0.5, 0.6) is 5.75 Å². The van der Waals surface area contributed by atoms with Crippen molar-refractivity contribution < 1.29 is 23.5 Å². The van der Waals surface area contributed by atoms with Crippen LogP contribution < -0.4 is 10.1 Å². The summed E-state index contributed by atoms with van der Waals surface area (Å²) in [5.74, 6) is -0.279. The zero-order chi connectivity index (χ0) is 21.1. The summed E-state index contributed by atoms with van der Waals surface area (Å²) in [5, 5.41) is 11.9. The largest absolute Gasteiger partial charge is 0.484 e. The van der Waals surface area contributed by atoms with E-state index in [4.69, 9.17) is 26.3 Å². The molecule has 1 aromatic rings. The van der Waals surface area contributed by atoms with Crippen molar-refractivity contribution in [3.63, 3.8) is 0 Å². The van der Waals surface area contributed by atoms with Gasteiger partial charge in [-0.2, -0.15) is 5.26 Å². The molecule has 4 saturated carbocycles. The fraction of sp³-hybridized carbons (Fsp3) is 0.571. The number of hydrogen-bond donors (Lipinski definition) is 1. The van der Waals surface area contributed by atoms with Crippen LogP contribution in [-0.4, -0.2) is 47.2 Å². The molecule has 1 atom stereocenters. The first-order valence-electron chi connectivity index (χ1n) is 10.1. The predicted molar refractivity (Wildman–Crippen MR) is 103 cm³/mol. The van der Waals surface area contributed by atoms with Gasteiger partial charge in [0, 0.05) is 23.4 Å². The molecule has 7 nitrogen and oxygen atoms in total. The minimum atomic E-state index is -0.600. The maximum atomic E-state index is 13.4. The molecule has 0 unspecified atom stereocenters. The second kappa shape index (κ2) is 6.74. The summed E-state index contributed by atoms with van der Waals surface area (Å²) in [7, 11) is 0. The van der Waals surface area contributed by atoms with Gasteiger partial charge in [0.1, 0.15) is 17.7 Å². The molecule has 5 fully saturated rings. The molecule has 0 radical (unpaired) electrons. The van der Waals surface area contributed by atoms with Crippen LogP contribution in [0.4, 0.5) is 9.18 Å². The molecule has 9 heteroatoms. The van der Waals surface area contributed by atoms with Crippen LogP contribution >= 0.6 is 11.6 Å². The van der Waals surface area contributed by atoms with Crippen molar-refractivity contribution in [3.8, 4) is 11.8 Å². The van der Waals surface area contributed by atoms with Crippen molar-refractivity contribution in [2.24, 2.45) is 11.8 Å². The van der Waals surface area contributed by atoms with Crippen molar-refractivity contribution in [3.05, 3.63) is 29.0 Å². The summed E-state index contributed by atoms with van der Waals surface area (Å²) in [6, 6.07) is 6.28.